The van der Waals surface area contributed by atoms with E-state index >= 15 is 0 Å². The van der Waals surface area contributed by atoms with E-state index in [1.807, 2.05) is 39.0 Å². The summed E-state index contributed by atoms with van der Waals surface area (Å²) in [6.07, 6.45) is 4.13. The lowest BCUT2D eigenvalue weighted by atomic mass is 9.97. The molecule has 3 fully saturated rings. The molecule has 1 atom stereocenters. The highest BCUT2D eigenvalue weighted by Crippen LogP contribution is 2.22. The molecule has 8 nitrogen and oxygen atoms in total. The third kappa shape index (κ3) is 5.55. The Morgan fingerprint density at radius 2 is 1.55 bits per heavy atom. The van der Waals surface area contributed by atoms with Crippen molar-refractivity contribution in [2.45, 2.75) is 32.1 Å². The van der Waals surface area contributed by atoms with Crippen LogP contribution in [0.3, 0.4) is 0 Å². The molecule has 3 heterocycles. The predicted octanol–water partition coefficient (Wildman–Crippen LogP) is 1.95. The number of ether oxygens (including phenoxy) is 1. The molecule has 3 aliphatic rings. The number of likely N-dealkylation sites (tertiary alicyclic amines) is 2. The van der Waals surface area contributed by atoms with Gasteiger partial charge in [-0.3, -0.25) is 9.59 Å². The summed E-state index contributed by atoms with van der Waals surface area (Å²) in [7, 11) is 0. The number of hydrogen-bond acceptors (Lipinski definition) is 4. The van der Waals surface area contributed by atoms with E-state index < -0.39 is 0 Å². The zero-order valence-corrected chi connectivity index (χ0v) is 18.1. The van der Waals surface area contributed by atoms with Crippen LogP contribution in [0.4, 0.5) is 10.5 Å². The van der Waals surface area contributed by atoms with E-state index in [9.17, 15) is 14.4 Å². The Morgan fingerprint density at radius 3 is 2.26 bits per heavy atom. The van der Waals surface area contributed by atoms with Crippen LogP contribution >= 0.6 is 0 Å². The monoisotopic (exact) mass is 428 g/mol. The van der Waals surface area contributed by atoms with Gasteiger partial charge in [-0.2, -0.15) is 0 Å². The first-order valence-electron chi connectivity index (χ1n) is 11.4. The maximum atomic E-state index is 12.8. The van der Waals surface area contributed by atoms with Gasteiger partial charge in [0.25, 0.3) is 0 Å². The summed E-state index contributed by atoms with van der Waals surface area (Å²) in [6.45, 7) is 5.34. The molecule has 168 valence electrons. The normalized spacial score (nSPS) is 21.8. The highest BCUT2D eigenvalue weighted by molar-refractivity contribution is 5.93. The van der Waals surface area contributed by atoms with Crippen LogP contribution in [-0.2, 0) is 20.7 Å². The van der Waals surface area contributed by atoms with Crippen LogP contribution < -0.4 is 5.32 Å². The Bertz CT molecular complexity index is 785. The van der Waals surface area contributed by atoms with Crippen molar-refractivity contribution in [2.24, 2.45) is 5.92 Å². The highest BCUT2D eigenvalue weighted by Gasteiger charge is 2.31. The van der Waals surface area contributed by atoms with E-state index in [2.05, 4.69) is 5.32 Å². The van der Waals surface area contributed by atoms with Crippen molar-refractivity contribution in [2.75, 3.05) is 57.8 Å². The number of amides is 4. The minimum absolute atomic E-state index is 0.0453. The van der Waals surface area contributed by atoms with E-state index in [-0.39, 0.29) is 23.8 Å². The smallest absolute Gasteiger partial charge is 0.320 e. The van der Waals surface area contributed by atoms with Gasteiger partial charge in [0, 0.05) is 45.0 Å². The number of nitrogens with one attached hydrogen (secondary N) is 1. The number of morpholine rings is 1. The van der Waals surface area contributed by atoms with Crippen LogP contribution in [0.15, 0.2) is 24.3 Å². The lowest BCUT2D eigenvalue weighted by molar-refractivity contribution is -0.134. The van der Waals surface area contributed by atoms with Crippen LogP contribution in [0.1, 0.15) is 31.2 Å². The lowest BCUT2D eigenvalue weighted by Gasteiger charge is -2.34. The van der Waals surface area contributed by atoms with Crippen molar-refractivity contribution in [3.8, 4) is 0 Å². The number of piperidine rings is 1. The number of carbonyl (C=O) groups excluding carboxylic acids is 3. The molecular formula is C23H32N4O4. The minimum atomic E-state index is -0.192. The number of anilines is 1. The Hall–Kier alpha value is -2.61. The van der Waals surface area contributed by atoms with Crippen molar-refractivity contribution < 1.29 is 19.1 Å². The van der Waals surface area contributed by atoms with Gasteiger partial charge in [0.2, 0.25) is 11.8 Å². The van der Waals surface area contributed by atoms with Crippen LogP contribution in [-0.4, -0.2) is 85.0 Å². The molecule has 0 unspecified atom stereocenters. The van der Waals surface area contributed by atoms with Crippen molar-refractivity contribution >= 4 is 23.5 Å². The lowest BCUT2D eigenvalue weighted by Crippen LogP contribution is -2.48. The summed E-state index contributed by atoms with van der Waals surface area (Å²) >= 11 is 0. The first-order valence-corrected chi connectivity index (χ1v) is 11.4. The molecule has 3 saturated heterocycles. The third-order valence-corrected chi connectivity index (χ3v) is 6.38. The molecule has 1 aromatic carbocycles. The highest BCUT2D eigenvalue weighted by atomic mass is 16.5. The van der Waals surface area contributed by atoms with Crippen molar-refractivity contribution in [1.29, 1.82) is 0 Å². The number of urea groups is 1. The Balaban J connectivity index is 1.27. The summed E-state index contributed by atoms with van der Waals surface area (Å²) in [6, 6.07) is 7.53. The summed E-state index contributed by atoms with van der Waals surface area (Å²) < 4.78 is 5.29. The fourth-order valence-corrected chi connectivity index (χ4v) is 4.52. The SMILES string of the molecule is O=C(Nc1ccc(CC(=O)N2CCOCC2)cc1)[C@H]1CCCN(C(=O)N2CCCC2)C1. The summed E-state index contributed by atoms with van der Waals surface area (Å²) in [5.41, 5.74) is 1.64. The second kappa shape index (κ2) is 10.1. The van der Waals surface area contributed by atoms with Gasteiger partial charge in [0.1, 0.15) is 0 Å². The van der Waals surface area contributed by atoms with E-state index in [0.29, 0.717) is 39.3 Å². The van der Waals surface area contributed by atoms with Gasteiger partial charge < -0.3 is 24.8 Å². The van der Waals surface area contributed by atoms with Crippen molar-refractivity contribution in [3.05, 3.63) is 29.8 Å². The molecule has 1 aromatic rings. The molecule has 0 radical (unpaired) electrons. The third-order valence-electron chi connectivity index (χ3n) is 6.38. The fourth-order valence-electron chi connectivity index (χ4n) is 4.52. The molecule has 0 saturated carbocycles. The average molecular weight is 429 g/mol. The Kier molecular flexibility index (Phi) is 7.06. The Morgan fingerprint density at radius 1 is 0.871 bits per heavy atom. The molecule has 1 N–H and O–H groups in total. The van der Waals surface area contributed by atoms with Gasteiger partial charge in [-0.05, 0) is 43.4 Å². The topological polar surface area (TPSA) is 82.2 Å². The Labute approximate surface area is 183 Å². The van der Waals surface area contributed by atoms with Gasteiger partial charge in [0.15, 0.2) is 0 Å². The van der Waals surface area contributed by atoms with E-state index in [1.54, 1.807) is 0 Å². The molecular weight excluding hydrogens is 396 g/mol. The van der Waals surface area contributed by atoms with E-state index in [4.69, 9.17) is 4.74 Å². The fraction of sp³-hybridized carbons (Fsp3) is 0.609. The molecule has 4 rings (SSSR count). The minimum Gasteiger partial charge on any atom is -0.378 e. The van der Waals surface area contributed by atoms with Gasteiger partial charge >= 0.3 is 6.03 Å². The number of nitrogens with zero attached hydrogens (tertiary/aromatic N) is 3. The molecule has 0 aromatic heterocycles. The van der Waals surface area contributed by atoms with Crippen LogP contribution in [0.25, 0.3) is 0 Å². The number of benzene rings is 1. The quantitative estimate of drug-likeness (QED) is 0.795. The maximum absolute atomic E-state index is 12.8. The number of hydrogen-bond donors (Lipinski definition) is 1. The van der Waals surface area contributed by atoms with Crippen molar-refractivity contribution in [3.63, 3.8) is 0 Å². The predicted molar refractivity (Wildman–Crippen MR) is 117 cm³/mol. The number of rotatable bonds is 4. The van der Waals surface area contributed by atoms with Gasteiger partial charge in [-0.15, -0.1) is 0 Å². The summed E-state index contributed by atoms with van der Waals surface area (Å²) in [5.74, 6) is -0.135. The largest absolute Gasteiger partial charge is 0.378 e. The van der Waals surface area contributed by atoms with Crippen molar-refractivity contribution in [1.82, 2.24) is 14.7 Å². The molecule has 0 spiro atoms. The second-order valence-electron chi connectivity index (χ2n) is 8.62. The van der Waals surface area contributed by atoms with Gasteiger partial charge in [-0.1, -0.05) is 12.1 Å². The molecule has 31 heavy (non-hydrogen) atoms. The number of carbonyl (C=O) groups is 3. The van der Waals surface area contributed by atoms with E-state index in [0.717, 1.165) is 56.6 Å². The molecule has 3 aliphatic heterocycles. The van der Waals surface area contributed by atoms with Crippen LogP contribution in [0.5, 0.6) is 0 Å². The zero-order chi connectivity index (χ0) is 21.6. The first kappa shape index (κ1) is 21.6. The molecule has 0 aliphatic carbocycles. The molecule has 4 amide bonds. The summed E-state index contributed by atoms with van der Waals surface area (Å²) in [4.78, 5) is 43.4. The molecule has 0 bridgehead atoms. The van der Waals surface area contributed by atoms with Crippen LogP contribution in [0.2, 0.25) is 0 Å². The van der Waals surface area contributed by atoms with Crippen LogP contribution in [0, 0.1) is 5.92 Å². The maximum Gasteiger partial charge on any atom is 0.320 e. The second-order valence-corrected chi connectivity index (χ2v) is 8.62. The first-order chi connectivity index (χ1) is 15.1. The zero-order valence-electron chi connectivity index (χ0n) is 18.1. The van der Waals surface area contributed by atoms with Gasteiger partial charge in [-0.25, -0.2) is 4.79 Å². The average Bonchev–Trinajstić information content (AvgIpc) is 3.35. The van der Waals surface area contributed by atoms with E-state index in [1.165, 1.54) is 0 Å². The van der Waals surface area contributed by atoms with Gasteiger partial charge in [0.05, 0.1) is 25.6 Å². The summed E-state index contributed by atoms with van der Waals surface area (Å²) in [5, 5.41) is 2.98. The standard InChI is InChI=1S/C23H32N4O4/c28-21(25-12-14-31-15-13-25)16-18-5-7-20(8-6-18)24-22(29)19-4-3-11-27(17-19)23(30)26-9-1-2-10-26/h5-8,19H,1-4,9-17H2,(H,24,29)/t19-/m0/s1. The molecule has 8 heteroatoms.